The second-order valence-corrected chi connectivity index (χ2v) is 20.1. The minimum atomic E-state index is -0.749. The molecule has 16 heteroatoms. The van der Waals surface area contributed by atoms with Crippen molar-refractivity contribution in [1.29, 1.82) is 0 Å². The molecule has 2 aliphatic carbocycles. The summed E-state index contributed by atoms with van der Waals surface area (Å²) in [5, 5.41) is 7.53. The van der Waals surface area contributed by atoms with Crippen LogP contribution in [-0.4, -0.2) is 105 Å². The standard InChI is InChI=1S/C52H63FN8O7/c1-28(2)43(58-51(64)66-3)50(63)61-35-16-12-34(24-35)46(61)48-54-27-40(56-48)37-18-14-31(25-38(37)53)30-13-17-36-32(23-30)15-19-39-45(36)57-47(55-39)41-11-8-21-60(41)49(62)44(59-52(65)67-4)33-20-22-68-42(26-33)29-9-6-5-7-10-29/h13-15,17-19,23,25,27-29,33-35,41-44,46H,5-12,16,20-22,24,26H2,1-4H3,(H,54,56)(H,55,57)(H,58,64)(H,59,65)/t33?,34-,35+,41-,42?,43-,44-,46-/m0/s1. The average molecular weight is 931 g/mol. The number of methoxy groups -OCH3 is 2. The number of carbonyl (C=O) groups excluding carboxylic acids is 4. The van der Waals surface area contributed by atoms with Crippen LogP contribution in [0.5, 0.6) is 0 Å². The summed E-state index contributed by atoms with van der Waals surface area (Å²) in [6.45, 7) is 4.92. The first-order chi connectivity index (χ1) is 33.0. The normalized spacial score (nSPS) is 25.0. The number of hydrogen-bond donors (Lipinski definition) is 4. The van der Waals surface area contributed by atoms with Gasteiger partial charge in [0.05, 0.1) is 55.3 Å². The van der Waals surface area contributed by atoms with Crippen LogP contribution in [0.15, 0.2) is 54.7 Å². The first kappa shape index (κ1) is 45.7. The number of aromatic amines is 2. The van der Waals surface area contributed by atoms with Crippen LogP contribution in [0, 0.1) is 29.5 Å². The molecule has 5 aromatic rings. The van der Waals surface area contributed by atoms with E-state index < -0.39 is 30.1 Å². The smallest absolute Gasteiger partial charge is 0.407 e. The summed E-state index contributed by atoms with van der Waals surface area (Å²) in [6, 6.07) is 13.2. The molecule has 2 bridgehead atoms. The SMILES string of the molecule is COC(=O)N[C@H](C(=O)N1[C@@H]2CC[C@@H](C2)[C@H]1c1ncc(-c2ccc(-c3ccc4c(ccc5[nH]c([C@@H]6CCCN6C(=O)[C@@H](NC(=O)OC)C6CCOC(C7CCCCC7)C6)nc54)c3)cc2F)[nH]1)C(C)C. The number of halogens is 1. The molecule has 5 aliphatic rings. The Morgan fingerprint density at radius 3 is 2.37 bits per heavy atom. The van der Waals surface area contributed by atoms with Crippen molar-refractivity contribution < 1.29 is 37.8 Å². The Bertz CT molecular complexity index is 2700. The topological polar surface area (TPSA) is 184 Å². The molecular formula is C52H63FN8O7. The average Bonchev–Trinajstić information content (AvgIpc) is 4.23. The summed E-state index contributed by atoms with van der Waals surface area (Å²) in [6.07, 6.45) is 12.1. The number of carbonyl (C=O) groups is 4. The van der Waals surface area contributed by atoms with E-state index in [-0.39, 0.29) is 53.8 Å². The Kier molecular flexibility index (Phi) is 12.9. The minimum Gasteiger partial charge on any atom is -0.453 e. The van der Waals surface area contributed by atoms with Gasteiger partial charge in [-0.05, 0) is 122 Å². The fraction of sp³-hybridized carbons (Fsp3) is 0.538. The number of benzene rings is 3. The largest absolute Gasteiger partial charge is 0.453 e. The summed E-state index contributed by atoms with van der Waals surface area (Å²) < 4.78 is 32.3. The number of alkyl carbamates (subject to hydrolysis) is 2. The van der Waals surface area contributed by atoms with Crippen LogP contribution in [0.3, 0.4) is 0 Å². The Morgan fingerprint density at radius 1 is 0.809 bits per heavy atom. The van der Waals surface area contributed by atoms with Gasteiger partial charge in [-0.15, -0.1) is 0 Å². The van der Waals surface area contributed by atoms with Crippen molar-refractivity contribution in [2.75, 3.05) is 27.4 Å². The zero-order chi connectivity index (χ0) is 47.2. The number of nitrogens with one attached hydrogen (secondary N) is 4. The van der Waals surface area contributed by atoms with Crippen LogP contribution in [0.2, 0.25) is 0 Å². The van der Waals surface area contributed by atoms with Crippen LogP contribution in [0.4, 0.5) is 14.0 Å². The van der Waals surface area contributed by atoms with Crippen molar-refractivity contribution in [3.05, 3.63) is 72.2 Å². The molecule has 3 saturated heterocycles. The molecule has 5 fully saturated rings. The van der Waals surface area contributed by atoms with E-state index in [9.17, 15) is 19.2 Å². The summed E-state index contributed by atoms with van der Waals surface area (Å²) in [5.74, 6) is 1.10. The van der Waals surface area contributed by atoms with E-state index >= 15 is 4.39 Å². The number of piperidine rings is 1. The van der Waals surface area contributed by atoms with Gasteiger partial charge in [-0.1, -0.05) is 57.4 Å². The zero-order valence-electron chi connectivity index (χ0n) is 39.4. The van der Waals surface area contributed by atoms with Gasteiger partial charge in [0.1, 0.15) is 29.5 Å². The van der Waals surface area contributed by atoms with Gasteiger partial charge in [0.2, 0.25) is 11.8 Å². The van der Waals surface area contributed by atoms with Crippen molar-refractivity contribution in [3.8, 4) is 22.4 Å². The molecule has 4 N–H and O–H groups in total. The Morgan fingerprint density at radius 2 is 1.59 bits per heavy atom. The molecule has 2 saturated carbocycles. The van der Waals surface area contributed by atoms with E-state index in [1.54, 1.807) is 12.3 Å². The van der Waals surface area contributed by atoms with E-state index in [2.05, 4.69) is 20.6 Å². The highest BCUT2D eigenvalue weighted by atomic mass is 19.1. The third-order valence-corrected chi connectivity index (χ3v) is 15.8. The fourth-order valence-electron chi connectivity index (χ4n) is 12.3. The molecule has 2 aromatic heterocycles. The monoisotopic (exact) mass is 930 g/mol. The maximum atomic E-state index is 16.2. The molecule has 3 aliphatic heterocycles. The molecule has 10 rings (SSSR count). The van der Waals surface area contributed by atoms with Gasteiger partial charge in [-0.3, -0.25) is 9.59 Å². The maximum Gasteiger partial charge on any atom is 0.407 e. The van der Waals surface area contributed by atoms with Gasteiger partial charge in [0, 0.05) is 30.1 Å². The molecule has 0 radical (unpaired) electrons. The van der Waals surface area contributed by atoms with Crippen LogP contribution < -0.4 is 10.6 Å². The fourth-order valence-corrected chi connectivity index (χ4v) is 12.3. The Labute approximate surface area is 395 Å². The van der Waals surface area contributed by atoms with Gasteiger partial charge in [-0.25, -0.2) is 23.9 Å². The van der Waals surface area contributed by atoms with Crippen LogP contribution in [0.25, 0.3) is 44.2 Å². The first-order valence-corrected chi connectivity index (χ1v) is 24.7. The Hall–Kier alpha value is -6.03. The summed E-state index contributed by atoms with van der Waals surface area (Å²) in [4.78, 5) is 74.0. The number of rotatable bonds is 11. The number of likely N-dealkylation sites (tertiary alicyclic amines) is 2. The number of amides is 4. The predicted octanol–water partition coefficient (Wildman–Crippen LogP) is 9.11. The number of H-pyrrole nitrogens is 2. The Balaban J connectivity index is 0.860. The van der Waals surface area contributed by atoms with Gasteiger partial charge < -0.3 is 44.6 Å². The number of nitrogens with zero attached hydrogens (tertiary/aromatic N) is 4. The summed E-state index contributed by atoms with van der Waals surface area (Å²) >= 11 is 0. The summed E-state index contributed by atoms with van der Waals surface area (Å²) in [5.41, 5.74) is 4.09. The highest BCUT2D eigenvalue weighted by molar-refractivity contribution is 6.05. The maximum absolute atomic E-state index is 16.2. The number of hydrogen-bond acceptors (Lipinski definition) is 9. The lowest BCUT2D eigenvalue weighted by molar-refractivity contribution is -0.139. The molecular weight excluding hydrogens is 868 g/mol. The van der Waals surface area contributed by atoms with Crippen molar-refractivity contribution in [3.63, 3.8) is 0 Å². The van der Waals surface area contributed by atoms with Crippen molar-refractivity contribution >= 4 is 45.8 Å². The highest BCUT2D eigenvalue weighted by Crippen LogP contribution is 2.50. The number of imidazole rings is 2. The lowest BCUT2D eigenvalue weighted by atomic mass is 9.78. The molecule has 2 unspecified atom stereocenters. The van der Waals surface area contributed by atoms with Crippen LogP contribution in [-0.2, 0) is 23.8 Å². The quantitative estimate of drug-likeness (QED) is 0.100. The third-order valence-electron chi connectivity index (χ3n) is 15.8. The molecule has 360 valence electrons. The van der Waals surface area contributed by atoms with Gasteiger partial charge >= 0.3 is 12.2 Å². The van der Waals surface area contributed by atoms with E-state index in [4.69, 9.17) is 24.2 Å². The van der Waals surface area contributed by atoms with Crippen molar-refractivity contribution in [2.45, 2.75) is 127 Å². The van der Waals surface area contributed by atoms with Crippen molar-refractivity contribution in [1.82, 2.24) is 40.4 Å². The molecule has 8 atom stereocenters. The molecule has 4 amide bonds. The van der Waals surface area contributed by atoms with Crippen molar-refractivity contribution in [2.24, 2.45) is 23.7 Å². The van der Waals surface area contributed by atoms with Gasteiger partial charge in [0.25, 0.3) is 0 Å². The summed E-state index contributed by atoms with van der Waals surface area (Å²) in [7, 11) is 2.61. The van der Waals surface area contributed by atoms with Gasteiger partial charge in [-0.2, -0.15) is 0 Å². The van der Waals surface area contributed by atoms with E-state index in [1.165, 1.54) is 39.5 Å². The van der Waals surface area contributed by atoms with E-state index in [1.807, 2.05) is 60.0 Å². The molecule has 0 spiro atoms. The lowest BCUT2D eigenvalue weighted by Crippen LogP contribution is -2.54. The van der Waals surface area contributed by atoms with Gasteiger partial charge in [0.15, 0.2) is 0 Å². The second kappa shape index (κ2) is 19.2. The van der Waals surface area contributed by atoms with E-state index in [0.29, 0.717) is 54.0 Å². The molecule has 5 heterocycles. The zero-order valence-corrected chi connectivity index (χ0v) is 39.4. The number of fused-ring (bicyclic) bond motifs is 5. The second-order valence-electron chi connectivity index (χ2n) is 20.1. The van der Waals surface area contributed by atoms with E-state index in [0.717, 1.165) is 78.7 Å². The number of aromatic nitrogens is 4. The molecule has 15 nitrogen and oxygen atoms in total. The molecule has 68 heavy (non-hydrogen) atoms. The van der Waals surface area contributed by atoms with Crippen LogP contribution >= 0.6 is 0 Å². The van der Waals surface area contributed by atoms with Crippen LogP contribution in [0.1, 0.15) is 115 Å². The minimum absolute atomic E-state index is 0.0433. The lowest BCUT2D eigenvalue weighted by Gasteiger charge is -2.40. The number of ether oxygens (including phenoxy) is 3. The molecule has 3 aromatic carbocycles. The highest BCUT2D eigenvalue weighted by Gasteiger charge is 2.52. The first-order valence-electron chi connectivity index (χ1n) is 24.7. The predicted molar refractivity (Wildman–Crippen MR) is 254 cm³/mol. The third kappa shape index (κ3) is 8.68.